The third kappa shape index (κ3) is 1.01. The summed E-state index contributed by atoms with van der Waals surface area (Å²) in [6, 6.07) is 0. The van der Waals surface area contributed by atoms with Crippen LogP contribution in [-0.2, 0) is 0 Å². The van der Waals surface area contributed by atoms with Gasteiger partial charge in [-0.05, 0) is 19.3 Å². The number of allylic oxidation sites excluding steroid dienone is 1. The smallest absolute Gasteiger partial charge is 0.0929 e. The highest BCUT2D eigenvalue weighted by Crippen LogP contribution is 2.13. The van der Waals surface area contributed by atoms with Gasteiger partial charge >= 0.3 is 0 Å². The van der Waals surface area contributed by atoms with Gasteiger partial charge in [0.05, 0.1) is 6.10 Å². The topological polar surface area (TPSA) is 46.2 Å². The van der Waals surface area contributed by atoms with E-state index in [1.165, 1.54) is 0 Å². The fraction of sp³-hybridized carbons (Fsp3) is 0.667. The molecule has 46 valence electrons. The highest BCUT2D eigenvalue weighted by Gasteiger charge is 2.09. The molecule has 0 amide bonds. The van der Waals surface area contributed by atoms with Gasteiger partial charge in [0.2, 0.25) is 0 Å². The van der Waals surface area contributed by atoms with E-state index >= 15 is 0 Å². The van der Waals surface area contributed by atoms with Crippen LogP contribution in [0.3, 0.4) is 0 Å². The van der Waals surface area contributed by atoms with Crippen molar-refractivity contribution in [3.8, 4) is 0 Å². The van der Waals surface area contributed by atoms with Gasteiger partial charge in [-0.1, -0.05) is 6.08 Å². The first-order valence-electron chi connectivity index (χ1n) is 2.94. The molecule has 0 fully saturated rings. The Morgan fingerprint density at radius 2 is 2.50 bits per heavy atom. The van der Waals surface area contributed by atoms with Crippen LogP contribution in [0.25, 0.3) is 0 Å². The molecule has 1 rings (SSSR count). The molecule has 3 N–H and O–H groups in total. The zero-order valence-electron chi connectivity index (χ0n) is 4.80. The predicted molar refractivity (Wildman–Crippen MR) is 32.1 cm³/mol. The Kier molecular flexibility index (Phi) is 1.53. The minimum absolute atomic E-state index is 0.358. The minimum Gasteiger partial charge on any atom is -0.400 e. The standard InChI is InChI=1S/C6H11NO/c7-5-3-1-2-4-6(5)8/h3,6,8H,1-2,4,7H2. The molecule has 1 aliphatic rings. The molecule has 0 aromatic rings. The molecule has 8 heavy (non-hydrogen) atoms. The molecule has 0 radical (unpaired) electrons. The molecule has 0 saturated carbocycles. The van der Waals surface area contributed by atoms with Crippen molar-refractivity contribution < 1.29 is 5.11 Å². The number of hydrogen-bond acceptors (Lipinski definition) is 2. The third-order valence-corrected chi connectivity index (χ3v) is 1.45. The van der Waals surface area contributed by atoms with Crippen LogP contribution in [0, 0.1) is 0 Å². The summed E-state index contributed by atoms with van der Waals surface area (Å²) in [6.45, 7) is 0. The molecule has 1 atom stereocenters. The van der Waals surface area contributed by atoms with E-state index in [1.807, 2.05) is 6.08 Å². The highest BCUT2D eigenvalue weighted by atomic mass is 16.3. The summed E-state index contributed by atoms with van der Waals surface area (Å²) < 4.78 is 0. The molecule has 0 aliphatic heterocycles. The van der Waals surface area contributed by atoms with Crippen molar-refractivity contribution >= 4 is 0 Å². The number of nitrogens with two attached hydrogens (primary N) is 1. The Bertz CT molecular complexity index is 109. The predicted octanol–water partition coefficient (Wildman–Crippen LogP) is 0.374. The molecule has 0 spiro atoms. The fourth-order valence-corrected chi connectivity index (χ4v) is 0.883. The van der Waals surface area contributed by atoms with E-state index in [-0.39, 0.29) is 6.10 Å². The molecule has 0 aromatic heterocycles. The molecule has 1 unspecified atom stereocenters. The van der Waals surface area contributed by atoms with Gasteiger partial charge in [0.25, 0.3) is 0 Å². The molecule has 0 bridgehead atoms. The van der Waals surface area contributed by atoms with E-state index in [0.29, 0.717) is 5.70 Å². The van der Waals surface area contributed by atoms with E-state index in [4.69, 9.17) is 10.8 Å². The number of rotatable bonds is 0. The van der Waals surface area contributed by atoms with Crippen molar-refractivity contribution in [2.24, 2.45) is 5.73 Å². The van der Waals surface area contributed by atoms with Crippen molar-refractivity contribution in [2.45, 2.75) is 25.4 Å². The van der Waals surface area contributed by atoms with Crippen LogP contribution in [0.5, 0.6) is 0 Å². The summed E-state index contributed by atoms with van der Waals surface area (Å²) in [4.78, 5) is 0. The van der Waals surface area contributed by atoms with Gasteiger partial charge in [-0.25, -0.2) is 0 Å². The van der Waals surface area contributed by atoms with Gasteiger partial charge < -0.3 is 10.8 Å². The second kappa shape index (κ2) is 2.18. The molecule has 0 heterocycles. The van der Waals surface area contributed by atoms with Gasteiger partial charge in [0.15, 0.2) is 0 Å². The maximum Gasteiger partial charge on any atom is 0.0929 e. The quantitative estimate of drug-likeness (QED) is 0.477. The van der Waals surface area contributed by atoms with Crippen molar-refractivity contribution in [3.63, 3.8) is 0 Å². The van der Waals surface area contributed by atoms with E-state index in [0.717, 1.165) is 19.3 Å². The van der Waals surface area contributed by atoms with Crippen LogP contribution in [0.15, 0.2) is 11.8 Å². The summed E-state index contributed by atoms with van der Waals surface area (Å²) in [6.07, 6.45) is 4.48. The zero-order valence-corrected chi connectivity index (χ0v) is 4.80. The summed E-state index contributed by atoms with van der Waals surface area (Å²) >= 11 is 0. The van der Waals surface area contributed by atoms with Crippen molar-refractivity contribution in [1.29, 1.82) is 0 Å². The molecule has 1 aliphatic carbocycles. The second-order valence-electron chi connectivity index (χ2n) is 2.15. The summed E-state index contributed by atoms with van der Waals surface area (Å²) in [5.41, 5.74) is 6.04. The number of aliphatic hydroxyl groups is 1. The molecule has 0 saturated heterocycles. The lowest BCUT2D eigenvalue weighted by Crippen LogP contribution is -2.19. The lowest BCUT2D eigenvalue weighted by Gasteiger charge is -2.14. The lowest BCUT2D eigenvalue weighted by molar-refractivity contribution is 0.189. The van der Waals surface area contributed by atoms with Gasteiger partial charge in [-0.15, -0.1) is 0 Å². The maximum absolute atomic E-state index is 8.98. The number of aliphatic hydroxyl groups excluding tert-OH is 1. The Labute approximate surface area is 49.0 Å². The Morgan fingerprint density at radius 3 is 2.88 bits per heavy atom. The van der Waals surface area contributed by atoms with Crippen LogP contribution in [-0.4, -0.2) is 11.2 Å². The molecular formula is C6H11NO. The minimum atomic E-state index is -0.358. The monoisotopic (exact) mass is 113 g/mol. The lowest BCUT2D eigenvalue weighted by atomic mass is 10.0. The van der Waals surface area contributed by atoms with E-state index in [2.05, 4.69) is 0 Å². The second-order valence-corrected chi connectivity index (χ2v) is 2.15. The van der Waals surface area contributed by atoms with Crippen LogP contribution in [0.2, 0.25) is 0 Å². The largest absolute Gasteiger partial charge is 0.400 e. The van der Waals surface area contributed by atoms with Gasteiger partial charge in [-0.3, -0.25) is 0 Å². The highest BCUT2D eigenvalue weighted by molar-refractivity contribution is 5.05. The van der Waals surface area contributed by atoms with Gasteiger partial charge in [0.1, 0.15) is 0 Å². The van der Waals surface area contributed by atoms with Crippen molar-refractivity contribution in [1.82, 2.24) is 0 Å². The third-order valence-electron chi connectivity index (χ3n) is 1.45. The average molecular weight is 113 g/mol. The summed E-state index contributed by atoms with van der Waals surface area (Å²) in [5, 5.41) is 8.98. The first-order valence-corrected chi connectivity index (χ1v) is 2.94. The number of hydrogen-bond donors (Lipinski definition) is 2. The van der Waals surface area contributed by atoms with Crippen LogP contribution < -0.4 is 5.73 Å². The van der Waals surface area contributed by atoms with E-state index in [1.54, 1.807) is 0 Å². The first kappa shape index (κ1) is 5.63. The molecule has 0 aromatic carbocycles. The first-order chi connectivity index (χ1) is 3.80. The van der Waals surface area contributed by atoms with Crippen LogP contribution in [0.4, 0.5) is 0 Å². The summed E-state index contributed by atoms with van der Waals surface area (Å²) in [5.74, 6) is 0. The average Bonchev–Trinajstić information content (AvgIpc) is 1.77. The summed E-state index contributed by atoms with van der Waals surface area (Å²) in [7, 11) is 0. The SMILES string of the molecule is NC1=CCCCC1O. The van der Waals surface area contributed by atoms with Crippen molar-refractivity contribution in [2.75, 3.05) is 0 Å². The maximum atomic E-state index is 8.98. The molecule has 2 nitrogen and oxygen atoms in total. The van der Waals surface area contributed by atoms with E-state index < -0.39 is 0 Å². The van der Waals surface area contributed by atoms with Crippen molar-refractivity contribution in [3.05, 3.63) is 11.8 Å². The van der Waals surface area contributed by atoms with Crippen LogP contribution >= 0.6 is 0 Å². The Hall–Kier alpha value is -0.500. The molecule has 2 heteroatoms. The fourth-order valence-electron chi connectivity index (χ4n) is 0.883. The van der Waals surface area contributed by atoms with Gasteiger partial charge in [0, 0.05) is 5.70 Å². The van der Waals surface area contributed by atoms with E-state index in [9.17, 15) is 0 Å². The Balaban J connectivity index is 2.53. The van der Waals surface area contributed by atoms with Gasteiger partial charge in [-0.2, -0.15) is 0 Å². The zero-order chi connectivity index (χ0) is 5.98. The van der Waals surface area contributed by atoms with Crippen LogP contribution in [0.1, 0.15) is 19.3 Å². The normalized spacial score (nSPS) is 29.6. The Morgan fingerprint density at radius 1 is 1.75 bits per heavy atom. The molecular weight excluding hydrogens is 102 g/mol.